The molecule has 0 saturated heterocycles. The highest BCUT2D eigenvalue weighted by Crippen LogP contribution is 2.41. The van der Waals surface area contributed by atoms with Crippen LogP contribution < -0.4 is 16.4 Å². The third kappa shape index (κ3) is 3.03. The Kier molecular flexibility index (Phi) is 4.32. The first-order valence-corrected chi connectivity index (χ1v) is 9.92. The van der Waals surface area contributed by atoms with Crippen LogP contribution in [0.15, 0.2) is 42.9 Å². The van der Waals surface area contributed by atoms with Gasteiger partial charge in [-0.3, -0.25) is 0 Å². The average molecular weight is 401 g/mol. The second-order valence-corrected chi connectivity index (χ2v) is 7.67. The minimum absolute atomic E-state index is 0.0579. The third-order valence-electron chi connectivity index (χ3n) is 5.98. The maximum Gasteiger partial charge on any atom is 0.133 e. The van der Waals surface area contributed by atoms with Crippen LogP contribution in [0.4, 0.5) is 17.5 Å². The Morgan fingerprint density at radius 2 is 1.93 bits per heavy atom. The van der Waals surface area contributed by atoms with Gasteiger partial charge in [0.25, 0.3) is 0 Å². The molecule has 0 unspecified atom stereocenters. The number of aryl methyl sites for hydroxylation is 1. The fourth-order valence-corrected chi connectivity index (χ4v) is 4.04. The number of anilines is 3. The molecule has 1 aliphatic carbocycles. The van der Waals surface area contributed by atoms with Crippen LogP contribution in [0.5, 0.6) is 0 Å². The number of fused-ring (bicyclic) bond motifs is 1. The number of pyridine rings is 3. The highest BCUT2D eigenvalue weighted by Gasteiger charge is 2.37. The van der Waals surface area contributed by atoms with Gasteiger partial charge in [-0.2, -0.15) is 0 Å². The van der Waals surface area contributed by atoms with E-state index in [0.29, 0.717) is 17.3 Å². The summed E-state index contributed by atoms with van der Waals surface area (Å²) in [5.74, 6) is 1.88. The molecule has 9 nitrogen and oxygen atoms in total. The maximum absolute atomic E-state index is 6.18. The zero-order chi connectivity index (χ0) is 20.7. The Morgan fingerprint density at radius 1 is 1.10 bits per heavy atom. The van der Waals surface area contributed by atoms with Gasteiger partial charge in [0.15, 0.2) is 0 Å². The lowest BCUT2D eigenvalue weighted by Crippen LogP contribution is -2.46. The van der Waals surface area contributed by atoms with Gasteiger partial charge >= 0.3 is 0 Å². The Hall–Kier alpha value is -3.59. The lowest BCUT2D eigenvalue weighted by molar-refractivity contribution is 0.201. The Labute approximate surface area is 173 Å². The predicted octanol–water partition coefficient (Wildman–Crippen LogP) is 2.74. The fourth-order valence-electron chi connectivity index (χ4n) is 4.04. The summed E-state index contributed by atoms with van der Waals surface area (Å²) >= 11 is 0. The fraction of sp³-hybridized carbons (Fsp3) is 0.286. The molecule has 0 atom stereocenters. The number of hydrogen-bond acceptors (Lipinski definition) is 8. The molecule has 4 N–H and O–H groups in total. The van der Waals surface area contributed by atoms with Crippen LogP contribution in [-0.4, -0.2) is 37.0 Å². The second kappa shape index (κ2) is 7.03. The molecule has 4 aromatic rings. The highest BCUT2D eigenvalue weighted by atomic mass is 15.4. The van der Waals surface area contributed by atoms with E-state index in [-0.39, 0.29) is 5.54 Å². The van der Waals surface area contributed by atoms with Gasteiger partial charge in [-0.05, 0) is 61.5 Å². The topological polar surface area (TPSA) is 119 Å². The van der Waals surface area contributed by atoms with Gasteiger partial charge in [0.2, 0.25) is 0 Å². The normalized spacial score (nSPS) is 15.1. The first kappa shape index (κ1) is 18.4. The van der Waals surface area contributed by atoms with Crippen LogP contribution in [0.3, 0.4) is 0 Å². The lowest BCUT2D eigenvalue weighted by Gasteiger charge is -2.42. The van der Waals surface area contributed by atoms with Gasteiger partial charge in [-0.25, -0.2) is 19.6 Å². The standard InChI is InChI=1S/C21H23N9/c1-23-21(5-3-6-21)14-4-7-24-19(10-14)28-18-9-13-8-16(17-12-26-29-30(17)2)27-20(22)15(13)11-25-18/h4,7-12,23H,3,5-6H2,1-2H3,(H2,22,27)(H,24,25,28). The van der Waals surface area contributed by atoms with Gasteiger partial charge in [-0.1, -0.05) is 5.21 Å². The number of nitrogen functional groups attached to an aromatic ring is 1. The quantitative estimate of drug-likeness (QED) is 0.467. The van der Waals surface area contributed by atoms with Crippen molar-refractivity contribution in [3.63, 3.8) is 0 Å². The first-order chi connectivity index (χ1) is 14.6. The molecule has 1 saturated carbocycles. The summed E-state index contributed by atoms with van der Waals surface area (Å²) in [6.45, 7) is 0. The van der Waals surface area contributed by atoms with Crippen molar-refractivity contribution in [3.05, 3.63) is 48.4 Å². The summed E-state index contributed by atoms with van der Waals surface area (Å²) in [6.07, 6.45) is 8.75. The van der Waals surface area contributed by atoms with Crippen molar-refractivity contribution < 1.29 is 0 Å². The molecular formula is C21H23N9. The van der Waals surface area contributed by atoms with Crippen molar-refractivity contribution in [1.29, 1.82) is 0 Å². The minimum atomic E-state index is 0.0579. The van der Waals surface area contributed by atoms with E-state index >= 15 is 0 Å². The maximum atomic E-state index is 6.18. The Balaban J connectivity index is 1.49. The van der Waals surface area contributed by atoms with Gasteiger partial charge in [-0.15, -0.1) is 5.10 Å². The van der Waals surface area contributed by atoms with Crippen LogP contribution in [0.2, 0.25) is 0 Å². The molecule has 4 heterocycles. The SMILES string of the molecule is CNC1(c2ccnc(Nc3cc4cc(-c5cnnn5C)nc(N)c4cn3)c2)CCC1. The van der Waals surface area contributed by atoms with Crippen molar-refractivity contribution in [2.45, 2.75) is 24.8 Å². The van der Waals surface area contributed by atoms with Crippen molar-refractivity contribution in [2.75, 3.05) is 18.1 Å². The van der Waals surface area contributed by atoms with Crippen LogP contribution in [0.1, 0.15) is 24.8 Å². The van der Waals surface area contributed by atoms with E-state index in [4.69, 9.17) is 5.73 Å². The van der Waals surface area contributed by atoms with E-state index < -0.39 is 0 Å². The van der Waals surface area contributed by atoms with E-state index in [2.05, 4.69) is 48.0 Å². The molecule has 5 rings (SSSR count). The molecule has 152 valence electrons. The zero-order valence-corrected chi connectivity index (χ0v) is 16.9. The molecule has 0 amide bonds. The predicted molar refractivity (Wildman–Crippen MR) is 116 cm³/mol. The summed E-state index contributed by atoms with van der Waals surface area (Å²) < 4.78 is 1.67. The minimum Gasteiger partial charge on any atom is -0.383 e. The van der Waals surface area contributed by atoms with Crippen LogP contribution in [0.25, 0.3) is 22.2 Å². The molecule has 0 spiro atoms. The molecule has 0 aromatic carbocycles. The monoisotopic (exact) mass is 401 g/mol. The molecule has 9 heteroatoms. The average Bonchev–Trinajstić information content (AvgIpc) is 3.14. The van der Waals surface area contributed by atoms with E-state index in [9.17, 15) is 0 Å². The number of rotatable bonds is 5. The largest absolute Gasteiger partial charge is 0.383 e. The summed E-state index contributed by atoms with van der Waals surface area (Å²) in [6, 6.07) is 8.09. The first-order valence-electron chi connectivity index (χ1n) is 9.92. The van der Waals surface area contributed by atoms with Crippen LogP contribution >= 0.6 is 0 Å². The number of aromatic nitrogens is 6. The number of nitrogens with zero attached hydrogens (tertiary/aromatic N) is 6. The van der Waals surface area contributed by atoms with E-state index in [1.54, 1.807) is 17.1 Å². The molecule has 4 aromatic heterocycles. The molecule has 1 aliphatic rings. The van der Waals surface area contributed by atoms with Crippen molar-refractivity contribution in [2.24, 2.45) is 7.05 Å². The van der Waals surface area contributed by atoms with Gasteiger partial charge in [0, 0.05) is 30.4 Å². The summed E-state index contributed by atoms with van der Waals surface area (Å²) in [5.41, 5.74) is 8.99. The number of hydrogen-bond donors (Lipinski definition) is 3. The molecule has 0 radical (unpaired) electrons. The molecule has 0 bridgehead atoms. The zero-order valence-electron chi connectivity index (χ0n) is 16.9. The number of nitrogens with two attached hydrogens (primary N) is 1. The summed E-state index contributed by atoms with van der Waals surface area (Å²) in [4.78, 5) is 13.5. The molecular weight excluding hydrogens is 378 g/mol. The van der Waals surface area contributed by atoms with Crippen molar-refractivity contribution in [3.8, 4) is 11.4 Å². The number of nitrogens with one attached hydrogen (secondary N) is 2. The summed E-state index contributed by atoms with van der Waals surface area (Å²) in [5, 5.41) is 16.4. The van der Waals surface area contributed by atoms with Crippen molar-refractivity contribution in [1.82, 2.24) is 35.3 Å². The van der Waals surface area contributed by atoms with Crippen molar-refractivity contribution >= 4 is 28.2 Å². The van der Waals surface area contributed by atoms with Gasteiger partial charge in [0.05, 0.1) is 11.9 Å². The molecule has 1 fully saturated rings. The van der Waals surface area contributed by atoms with Crippen LogP contribution in [-0.2, 0) is 12.6 Å². The molecule has 0 aliphatic heterocycles. The smallest absolute Gasteiger partial charge is 0.133 e. The Morgan fingerprint density at radius 3 is 2.63 bits per heavy atom. The molecule has 30 heavy (non-hydrogen) atoms. The summed E-state index contributed by atoms with van der Waals surface area (Å²) in [7, 11) is 3.84. The lowest BCUT2D eigenvalue weighted by atomic mass is 9.72. The van der Waals surface area contributed by atoms with Gasteiger partial charge < -0.3 is 16.4 Å². The van der Waals surface area contributed by atoms with Gasteiger partial charge in [0.1, 0.15) is 23.1 Å². The van der Waals surface area contributed by atoms with E-state index in [1.807, 2.05) is 32.4 Å². The third-order valence-corrected chi connectivity index (χ3v) is 5.98. The second-order valence-electron chi connectivity index (χ2n) is 7.67. The van der Waals surface area contributed by atoms with E-state index in [0.717, 1.165) is 35.1 Å². The van der Waals surface area contributed by atoms with E-state index in [1.165, 1.54) is 12.0 Å². The Bertz CT molecular complexity index is 1220. The highest BCUT2D eigenvalue weighted by molar-refractivity contribution is 5.94. The van der Waals surface area contributed by atoms with Crippen LogP contribution in [0, 0.1) is 0 Å².